The SMILES string of the molecule is COc1ccc(C)cc1S(=O)(=O)NCC(O)C(F)(F)F. The van der Waals surface area contributed by atoms with Gasteiger partial charge in [-0.25, -0.2) is 13.1 Å². The van der Waals surface area contributed by atoms with Crippen molar-refractivity contribution < 1.29 is 31.4 Å². The maximum absolute atomic E-state index is 12.1. The second-order valence-electron chi connectivity index (χ2n) is 4.06. The van der Waals surface area contributed by atoms with Gasteiger partial charge < -0.3 is 9.84 Å². The van der Waals surface area contributed by atoms with Crippen LogP contribution in [0.5, 0.6) is 5.75 Å². The van der Waals surface area contributed by atoms with E-state index in [-0.39, 0.29) is 10.6 Å². The summed E-state index contributed by atoms with van der Waals surface area (Å²) in [4.78, 5) is -0.283. The van der Waals surface area contributed by atoms with Gasteiger partial charge in [0.1, 0.15) is 10.6 Å². The van der Waals surface area contributed by atoms with Crippen molar-refractivity contribution in [3.05, 3.63) is 23.8 Å². The molecule has 0 saturated carbocycles. The van der Waals surface area contributed by atoms with E-state index in [2.05, 4.69) is 0 Å². The topological polar surface area (TPSA) is 75.6 Å². The van der Waals surface area contributed by atoms with Gasteiger partial charge in [0.15, 0.2) is 6.10 Å². The first kappa shape index (κ1) is 16.7. The summed E-state index contributed by atoms with van der Waals surface area (Å²) < 4.78 is 66.8. The third-order valence-electron chi connectivity index (χ3n) is 2.45. The molecule has 0 bridgehead atoms. The van der Waals surface area contributed by atoms with Crippen molar-refractivity contribution in [1.29, 1.82) is 0 Å². The summed E-state index contributed by atoms with van der Waals surface area (Å²) in [5.74, 6) is 0.00426. The highest BCUT2D eigenvalue weighted by molar-refractivity contribution is 7.89. The molecule has 114 valence electrons. The molecule has 0 amide bonds. The molecule has 1 unspecified atom stereocenters. The minimum absolute atomic E-state index is 0.00426. The Morgan fingerprint density at radius 3 is 2.50 bits per heavy atom. The lowest BCUT2D eigenvalue weighted by molar-refractivity contribution is -0.200. The van der Waals surface area contributed by atoms with Crippen LogP contribution < -0.4 is 9.46 Å². The number of hydrogen-bond acceptors (Lipinski definition) is 4. The largest absolute Gasteiger partial charge is 0.495 e. The summed E-state index contributed by atoms with van der Waals surface area (Å²) in [5.41, 5.74) is 0.600. The van der Waals surface area contributed by atoms with Gasteiger partial charge in [-0.15, -0.1) is 0 Å². The summed E-state index contributed by atoms with van der Waals surface area (Å²) in [6.45, 7) is 0.464. The van der Waals surface area contributed by atoms with Crippen LogP contribution in [0.2, 0.25) is 0 Å². The van der Waals surface area contributed by atoms with Gasteiger partial charge in [0.2, 0.25) is 10.0 Å². The predicted molar refractivity (Wildman–Crippen MR) is 65.0 cm³/mol. The zero-order valence-electron chi connectivity index (χ0n) is 10.7. The Bertz CT molecular complexity index is 572. The first-order chi connectivity index (χ1) is 9.08. The van der Waals surface area contributed by atoms with Gasteiger partial charge in [-0.3, -0.25) is 0 Å². The molecule has 20 heavy (non-hydrogen) atoms. The molecule has 0 saturated heterocycles. The Morgan fingerprint density at radius 2 is 2.00 bits per heavy atom. The van der Waals surface area contributed by atoms with E-state index in [4.69, 9.17) is 9.84 Å². The average Bonchev–Trinajstić information content (AvgIpc) is 2.34. The Hall–Kier alpha value is -1.32. The maximum atomic E-state index is 12.1. The average molecular weight is 313 g/mol. The zero-order chi connectivity index (χ0) is 15.6. The summed E-state index contributed by atoms with van der Waals surface area (Å²) in [6, 6.07) is 4.26. The molecule has 9 heteroatoms. The summed E-state index contributed by atoms with van der Waals surface area (Å²) in [6.07, 6.45) is -7.66. The van der Waals surface area contributed by atoms with Gasteiger partial charge in [0.25, 0.3) is 0 Å². The number of ether oxygens (including phenoxy) is 1. The number of benzene rings is 1. The van der Waals surface area contributed by atoms with Gasteiger partial charge in [0, 0.05) is 6.54 Å². The van der Waals surface area contributed by atoms with E-state index in [1.165, 1.54) is 19.2 Å². The van der Waals surface area contributed by atoms with Crippen LogP contribution in [0.3, 0.4) is 0 Å². The van der Waals surface area contributed by atoms with Crippen molar-refractivity contribution in [2.24, 2.45) is 0 Å². The minimum atomic E-state index is -4.89. The quantitative estimate of drug-likeness (QED) is 0.856. The van der Waals surface area contributed by atoms with Gasteiger partial charge in [-0.1, -0.05) is 6.07 Å². The van der Waals surface area contributed by atoms with Crippen molar-refractivity contribution in [1.82, 2.24) is 4.72 Å². The van der Waals surface area contributed by atoms with Crippen molar-refractivity contribution in [3.63, 3.8) is 0 Å². The fourth-order valence-electron chi connectivity index (χ4n) is 1.38. The number of aliphatic hydroxyl groups excluding tert-OH is 1. The molecule has 0 radical (unpaired) electrons. The van der Waals surface area contributed by atoms with Crippen LogP contribution in [0, 0.1) is 6.92 Å². The van der Waals surface area contributed by atoms with E-state index < -0.39 is 28.8 Å². The Kier molecular flexibility index (Phi) is 5.00. The van der Waals surface area contributed by atoms with Gasteiger partial charge in [-0.2, -0.15) is 13.2 Å². The molecule has 0 heterocycles. The number of sulfonamides is 1. The Morgan fingerprint density at radius 1 is 1.40 bits per heavy atom. The number of aryl methyl sites for hydroxylation is 1. The standard InChI is InChI=1S/C11H14F3NO4S/c1-7-3-4-8(19-2)9(5-7)20(17,18)15-6-10(16)11(12,13)14/h3-5,10,15-16H,6H2,1-2H3. The molecular weight excluding hydrogens is 299 g/mol. The van der Waals surface area contributed by atoms with E-state index in [0.29, 0.717) is 5.56 Å². The Labute approximate surface area is 114 Å². The minimum Gasteiger partial charge on any atom is -0.495 e. The lowest BCUT2D eigenvalue weighted by Gasteiger charge is -2.16. The number of halogens is 3. The molecule has 0 aromatic heterocycles. The molecule has 0 aliphatic rings. The fourth-order valence-corrected chi connectivity index (χ4v) is 2.67. The third kappa shape index (κ3) is 4.09. The van der Waals surface area contributed by atoms with Crippen LogP contribution in [0.4, 0.5) is 13.2 Å². The van der Waals surface area contributed by atoms with Crippen molar-refractivity contribution in [2.45, 2.75) is 24.1 Å². The van der Waals surface area contributed by atoms with E-state index in [9.17, 15) is 21.6 Å². The van der Waals surface area contributed by atoms with Crippen molar-refractivity contribution in [3.8, 4) is 5.75 Å². The molecule has 0 aliphatic heterocycles. The first-order valence-electron chi connectivity index (χ1n) is 5.47. The number of alkyl halides is 3. The molecule has 0 fully saturated rings. The highest BCUT2D eigenvalue weighted by atomic mass is 32.2. The maximum Gasteiger partial charge on any atom is 0.415 e. The molecule has 1 aromatic rings. The lowest BCUT2D eigenvalue weighted by atomic mass is 10.2. The van der Waals surface area contributed by atoms with E-state index in [1.807, 2.05) is 0 Å². The molecule has 0 aliphatic carbocycles. The van der Waals surface area contributed by atoms with Crippen LogP contribution in [0.15, 0.2) is 23.1 Å². The van der Waals surface area contributed by atoms with Crippen LogP contribution >= 0.6 is 0 Å². The van der Waals surface area contributed by atoms with E-state index in [1.54, 1.807) is 17.7 Å². The predicted octanol–water partition coefficient (Wildman–Crippen LogP) is 1.21. The number of hydrogen-bond donors (Lipinski definition) is 2. The monoisotopic (exact) mass is 313 g/mol. The molecule has 5 nitrogen and oxygen atoms in total. The van der Waals surface area contributed by atoms with Crippen LogP contribution in [-0.4, -0.2) is 39.5 Å². The summed E-state index contributed by atoms with van der Waals surface area (Å²) >= 11 is 0. The zero-order valence-corrected chi connectivity index (χ0v) is 11.5. The molecule has 1 aromatic carbocycles. The number of rotatable bonds is 5. The van der Waals surface area contributed by atoms with Crippen LogP contribution in [-0.2, 0) is 10.0 Å². The second kappa shape index (κ2) is 5.98. The smallest absolute Gasteiger partial charge is 0.415 e. The number of aliphatic hydroxyl groups is 1. The first-order valence-corrected chi connectivity index (χ1v) is 6.95. The van der Waals surface area contributed by atoms with E-state index >= 15 is 0 Å². The summed E-state index contributed by atoms with van der Waals surface area (Å²) in [5, 5.41) is 8.79. The highest BCUT2D eigenvalue weighted by Gasteiger charge is 2.38. The number of nitrogens with one attached hydrogen (secondary N) is 1. The molecule has 2 N–H and O–H groups in total. The Balaban J connectivity index is 2.98. The normalized spacial score (nSPS) is 14.1. The summed E-state index contributed by atoms with van der Waals surface area (Å²) in [7, 11) is -2.97. The lowest BCUT2D eigenvalue weighted by Crippen LogP contribution is -2.40. The van der Waals surface area contributed by atoms with E-state index in [0.717, 1.165) is 0 Å². The molecule has 1 rings (SSSR count). The van der Waals surface area contributed by atoms with Gasteiger partial charge >= 0.3 is 6.18 Å². The fraction of sp³-hybridized carbons (Fsp3) is 0.455. The molecule has 0 spiro atoms. The van der Waals surface area contributed by atoms with Gasteiger partial charge in [0.05, 0.1) is 7.11 Å². The van der Waals surface area contributed by atoms with Crippen LogP contribution in [0.1, 0.15) is 5.56 Å². The van der Waals surface area contributed by atoms with Crippen molar-refractivity contribution >= 4 is 10.0 Å². The van der Waals surface area contributed by atoms with Crippen LogP contribution in [0.25, 0.3) is 0 Å². The molecular formula is C11H14F3NO4S. The van der Waals surface area contributed by atoms with Crippen molar-refractivity contribution in [2.75, 3.05) is 13.7 Å². The molecule has 1 atom stereocenters. The third-order valence-corrected chi connectivity index (χ3v) is 3.90. The highest BCUT2D eigenvalue weighted by Crippen LogP contribution is 2.25. The number of methoxy groups -OCH3 is 1. The van der Waals surface area contributed by atoms with Gasteiger partial charge in [-0.05, 0) is 24.6 Å². The second-order valence-corrected chi connectivity index (χ2v) is 5.80.